The van der Waals surface area contributed by atoms with Gasteiger partial charge in [-0.05, 0) is 43.9 Å². The maximum absolute atomic E-state index is 13.1. The van der Waals surface area contributed by atoms with Crippen LogP contribution in [-0.4, -0.2) is 23.3 Å². The van der Waals surface area contributed by atoms with E-state index in [0.717, 1.165) is 31.7 Å². The SMILES string of the molecule is OB(O)c1cc(F)ccc1OC1CCCCCC1. The van der Waals surface area contributed by atoms with Crippen LogP contribution in [-0.2, 0) is 0 Å². The van der Waals surface area contributed by atoms with Crippen LogP contribution in [0.15, 0.2) is 18.2 Å². The third-order valence-electron chi connectivity index (χ3n) is 3.35. The quantitative estimate of drug-likeness (QED) is 0.634. The third kappa shape index (κ3) is 3.46. The molecule has 2 N–H and O–H groups in total. The Morgan fingerprint density at radius 2 is 1.78 bits per heavy atom. The van der Waals surface area contributed by atoms with Gasteiger partial charge >= 0.3 is 7.12 Å². The van der Waals surface area contributed by atoms with Gasteiger partial charge in [-0.25, -0.2) is 4.39 Å². The van der Waals surface area contributed by atoms with E-state index in [4.69, 9.17) is 4.74 Å². The topological polar surface area (TPSA) is 49.7 Å². The number of benzene rings is 1. The van der Waals surface area contributed by atoms with Gasteiger partial charge in [-0.15, -0.1) is 0 Å². The lowest BCUT2D eigenvalue weighted by Gasteiger charge is -2.19. The van der Waals surface area contributed by atoms with Crippen LogP contribution in [0.1, 0.15) is 38.5 Å². The van der Waals surface area contributed by atoms with Crippen LogP contribution in [0.3, 0.4) is 0 Å². The first-order chi connectivity index (χ1) is 8.66. The van der Waals surface area contributed by atoms with Crippen molar-refractivity contribution >= 4 is 12.6 Å². The fourth-order valence-electron chi connectivity index (χ4n) is 2.37. The molecule has 0 amide bonds. The highest BCUT2D eigenvalue weighted by Gasteiger charge is 2.21. The van der Waals surface area contributed by atoms with E-state index in [0.29, 0.717) is 5.75 Å². The van der Waals surface area contributed by atoms with E-state index in [1.54, 1.807) is 0 Å². The van der Waals surface area contributed by atoms with Gasteiger partial charge in [-0.1, -0.05) is 12.8 Å². The van der Waals surface area contributed by atoms with Gasteiger partial charge in [0.15, 0.2) is 0 Å². The molecule has 0 aromatic heterocycles. The van der Waals surface area contributed by atoms with Crippen LogP contribution in [0.5, 0.6) is 5.75 Å². The molecule has 1 aromatic rings. The highest BCUT2D eigenvalue weighted by Crippen LogP contribution is 2.22. The number of halogens is 1. The van der Waals surface area contributed by atoms with E-state index in [9.17, 15) is 14.4 Å². The minimum absolute atomic E-state index is 0.0930. The summed E-state index contributed by atoms with van der Waals surface area (Å²) in [5.74, 6) is -0.121. The van der Waals surface area contributed by atoms with Gasteiger partial charge in [-0.3, -0.25) is 0 Å². The van der Waals surface area contributed by atoms with E-state index >= 15 is 0 Å². The predicted molar refractivity (Wildman–Crippen MR) is 68.3 cm³/mol. The van der Waals surface area contributed by atoms with Crippen molar-refractivity contribution in [3.8, 4) is 5.75 Å². The van der Waals surface area contributed by atoms with Crippen molar-refractivity contribution in [1.82, 2.24) is 0 Å². The predicted octanol–water partition coefficient (Wildman–Crippen LogP) is 1.61. The fourth-order valence-corrected chi connectivity index (χ4v) is 2.37. The molecular weight excluding hydrogens is 234 g/mol. The van der Waals surface area contributed by atoms with E-state index < -0.39 is 12.9 Å². The largest absolute Gasteiger partial charge is 0.492 e. The Morgan fingerprint density at radius 3 is 2.39 bits per heavy atom. The molecule has 18 heavy (non-hydrogen) atoms. The number of rotatable bonds is 3. The van der Waals surface area contributed by atoms with Gasteiger partial charge < -0.3 is 14.8 Å². The van der Waals surface area contributed by atoms with Gasteiger partial charge in [0.2, 0.25) is 0 Å². The van der Waals surface area contributed by atoms with Crippen LogP contribution >= 0.6 is 0 Å². The molecule has 0 spiro atoms. The number of ether oxygens (including phenoxy) is 1. The van der Waals surface area contributed by atoms with E-state index in [1.807, 2.05) is 0 Å². The van der Waals surface area contributed by atoms with Gasteiger partial charge in [0.25, 0.3) is 0 Å². The Hall–Kier alpha value is -1.07. The molecule has 0 atom stereocenters. The molecule has 1 aromatic carbocycles. The summed E-state index contributed by atoms with van der Waals surface area (Å²) in [7, 11) is -1.71. The molecule has 1 fully saturated rings. The van der Waals surface area contributed by atoms with Gasteiger partial charge in [0, 0.05) is 5.46 Å². The molecule has 1 aliphatic rings. The van der Waals surface area contributed by atoms with Crippen molar-refractivity contribution in [2.45, 2.75) is 44.6 Å². The average Bonchev–Trinajstić information content (AvgIpc) is 2.60. The molecule has 1 aliphatic carbocycles. The summed E-state index contributed by atoms with van der Waals surface area (Å²) in [5.41, 5.74) is 0.0965. The van der Waals surface area contributed by atoms with Crippen molar-refractivity contribution in [2.24, 2.45) is 0 Å². The first kappa shape index (κ1) is 13.4. The Bertz CT molecular complexity index is 390. The standard InChI is InChI=1S/C13H18BFO3/c15-10-7-8-13(12(9-10)14(16)17)18-11-5-3-1-2-4-6-11/h7-9,11,16-17H,1-6H2. The van der Waals surface area contributed by atoms with Crippen LogP contribution in [0.25, 0.3) is 0 Å². The Labute approximate surface area is 107 Å². The Balaban J connectivity index is 2.12. The molecule has 0 aliphatic heterocycles. The molecule has 5 heteroatoms. The summed E-state index contributed by atoms with van der Waals surface area (Å²) in [6.45, 7) is 0. The maximum atomic E-state index is 13.1. The summed E-state index contributed by atoms with van der Waals surface area (Å²) in [6, 6.07) is 3.85. The first-order valence-electron chi connectivity index (χ1n) is 6.49. The number of hydrogen-bond donors (Lipinski definition) is 2. The highest BCUT2D eigenvalue weighted by atomic mass is 19.1. The van der Waals surface area contributed by atoms with Gasteiger partial charge in [-0.2, -0.15) is 0 Å². The zero-order valence-electron chi connectivity index (χ0n) is 10.3. The molecule has 0 saturated heterocycles. The Kier molecular flexibility index (Phi) is 4.61. The normalized spacial score (nSPS) is 17.3. The minimum atomic E-state index is -1.71. The van der Waals surface area contributed by atoms with Crippen LogP contribution in [0, 0.1) is 5.82 Å². The average molecular weight is 252 g/mol. The molecule has 2 rings (SSSR count). The lowest BCUT2D eigenvalue weighted by atomic mass is 9.79. The van der Waals surface area contributed by atoms with E-state index in [-0.39, 0.29) is 11.6 Å². The number of hydrogen-bond acceptors (Lipinski definition) is 3. The van der Waals surface area contributed by atoms with E-state index in [2.05, 4.69) is 0 Å². The van der Waals surface area contributed by atoms with Crippen molar-refractivity contribution in [3.05, 3.63) is 24.0 Å². The van der Waals surface area contributed by atoms with Crippen LogP contribution in [0.4, 0.5) is 4.39 Å². The summed E-state index contributed by atoms with van der Waals surface area (Å²) in [6.07, 6.45) is 6.73. The minimum Gasteiger partial charge on any atom is -0.491 e. The second kappa shape index (κ2) is 6.20. The molecule has 1 saturated carbocycles. The van der Waals surface area contributed by atoms with Gasteiger partial charge in [0.05, 0.1) is 6.10 Å². The van der Waals surface area contributed by atoms with Crippen molar-refractivity contribution in [3.63, 3.8) is 0 Å². The molecular formula is C13H18BFO3. The second-order valence-corrected chi connectivity index (χ2v) is 4.79. The molecule has 0 bridgehead atoms. The van der Waals surface area contributed by atoms with Gasteiger partial charge in [0.1, 0.15) is 11.6 Å². The summed E-state index contributed by atoms with van der Waals surface area (Å²) in [5, 5.41) is 18.4. The van der Waals surface area contributed by atoms with E-state index in [1.165, 1.54) is 25.0 Å². The fraction of sp³-hybridized carbons (Fsp3) is 0.538. The third-order valence-corrected chi connectivity index (χ3v) is 3.35. The highest BCUT2D eigenvalue weighted by molar-refractivity contribution is 6.59. The lowest BCUT2D eigenvalue weighted by molar-refractivity contribution is 0.184. The maximum Gasteiger partial charge on any atom is 0.492 e. The summed E-state index contributed by atoms with van der Waals surface area (Å²) < 4.78 is 18.9. The van der Waals surface area contributed by atoms with Crippen molar-refractivity contribution in [1.29, 1.82) is 0 Å². The molecule has 98 valence electrons. The zero-order chi connectivity index (χ0) is 13.0. The van der Waals surface area contributed by atoms with Crippen LogP contribution in [0.2, 0.25) is 0 Å². The second-order valence-electron chi connectivity index (χ2n) is 4.79. The summed E-state index contributed by atoms with van der Waals surface area (Å²) in [4.78, 5) is 0. The zero-order valence-corrected chi connectivity index (χ0v) is 10.3. The molecule has 0 radical (unpaired) electrons. The Morgan fingerprint density at radius 1 is 1.11 bits per heavy atom. The molecule has 0 heterocycles. The summed E-state index contributed by atoms with van der Waals surface area (Å²) >= 11 is 0. The smallest absolute Gasteiger partial charge is 0.491 e. The van der Waals surface area contributed by atoms with Crippen molar-refractivity contribution in [2.75, 3.05) is 0 Å². The molecule has 0 unspecified atom stereocenters. The lowest BCUT2D eigenvalue weighted by Crippen LogP contribution is -2.33. The first-order valence-corrected chi connectivity index (χ1v) is 6.49. The monoisotopic (exact) mass is 252 g/mol. The van der Waals surface area contributed by atoms with Crippen molar-refractivity contribution < 1.29 is 19.2 Å². The molecule has 3 nitrogen and oxygen atoms in total. The van der Waals surface area contributed by atoms with Crippen LogP contribution < -0.4 is 10.2 Å².